The number of likely N-dealkylation sites (N-methyl/N-ethyl adjacent to an activating group) is 1. The molecule has 1 spiro atoms. The van der Waals surface area contributed by atoms with Gasteiger partial charge in [0.15, 0.2) is 0 Å². The highest BCUT2D eigenvalue weighted by molar-refractivity contribution is 5.94. The summed E-state index contributed by atoms with van der Waals surface area (Å²) < 4.78 is 0. The first-order valence-corrected chi connectivity index (χ1v) is 8.35. The minimum Gasteiger partial charge on any atom is -0.336 e. The third kappa shape index (κ3) is 2.21. The summed E-state index contributed by atoms with van der Waals surface area (Å²) in [6, 6.07) is 8.60. The van der Waals surface area contributed by atoms with Crippen LogP contribution in [-0.4, -0.2) is 54.1 Å². The van der Waals surface area contributed by atoms with Crippen LogP contribution in [0.2, 0.25) is 0 Å². The van der Waals surface area contributed by atoms with E-state index in [-0.39, 0.29) is 17.6 Å². The molecular weight excluding hydrogens is 274 g/mol. The van der Waals surface area contributed by atoms with E-state index in [4.69, 9.17) is 0 Å². The van der Waals surface area contributed by atoms with E-state index in [1.54, 1.807) is 0 Å². The molecule has 0 bridgehead atoms. The first kappa shape index (κ1) is 15.3. The van der Waals surface area contributed by atoms with Crippen LogP contribution in [0.15, 0.2) is 24.3 Å². The zero-order valence-electron chi connectivity index (χ0n) is 14.2. The molecule has 1 aromatic carbocycles. The van der Waals surface area contributed by atoms with Gasteiger partial charge < -0.3 is 14.7 Å². The van der Waals surface area contributed by atoms with Crippen molar-refractivity contribution in [2.45, 2.75) is 45.3 Å². The molecule has 1 amide bonds. The summed E-state index contributed by atoms with van der Waals surface area (Å²) in [7, 11) is 1.94. The van der Waals surface area contributed by atoms with Gasteiger partial charge in [-0.25, -0.2) is 0 Å². The monoisotopic (exact) mass is 301 g/mol. The van der Waals surface area contributed by atoms with Crippen molar-refractivity contribution in [2.24, 2.45) is 0 Å². The molecule has 120 valence electrons. The van der Waals surface area contributed by atoms with Gasteiger partial charge in [-0.1, -0.05) is 24.6 Å². The number of hydrogen-bond acceptors (Lipinski definition) is 3. The topological polar surface area (TPSA) is 26.8 Å². The third-order valence-electron chi connectivity index (χ3n) is 5.56. The highest BCUT2D eigenvalue weighted by Crippen LogP contribution is 2.41. The van der Waals surface area contributed by atoms with Crippen LogP contribution >= 0.6 is 0 Å². The summed E-state index contributed by atoms with van der Waals surface area (Å²) in [5, 5.41) is 0. The molecule has 22 heavy (non-hydrogen) atoms. The highest BCUT2D eigenvalue weighted by atomic mass is 16.2. The van der Waals surface area contributed by atoms with Crippen molar-refractivity contribution < 1.29 is 4.79 Å². The number of piperidine rings is 1. The molecule has 0 saturated carbocycles. The first-order valence-electron chi connectivity index (χ1n) is 8.35. The molecule has 0 aliphatic carbocycles. The first-order chi connectivity index (χ1) is 10.5. The normalized spacial score (nSPS) is 25.3. The Kier molecular flexibility index (Phi) is 3.89. The summed E-state index contributed by atoms with van der Waals surface area (Å²) in [4.78, 5) is 19.7. The number of aryl methyl sites for hydroxylation is 1. The van der Waals surface area contributed by atoms with Crippen molar-refractivity contribution in [3.8, 4) is 0 Å². The van der Waals surface area contributed by atoms with Gasteiger partial charge in [-0.2, -0.15) is 0 Å². The number of amides is 1. The molecule has 2 saturated heterocycles. The molecular formula is C18H27N3O. The molecule has 0 N–H and O–H groups in total. The Labute approximate surface area is 133 Å². The standard InChI is InChI=1S/C18H27N3O/c1-5-20-12-10-18(11-13-20)17(22)19(4)15(3)21(18)16-8-6-14(2)7-9-16/h6-9,15H,5,10-13H2,1-4H3. The Morgan fingerprint density at radius 2 is 1.77 bits per heavy atom. The molecule has 0 aromatic heterocycles. The van der Waals surface area contributed by atoms with Crippen molar-refractivity contribution in [3.63, 3.8) is 0 Å². The van der Waals surface area contributed by atoms with E-state index in [0.29, 0.717) is 0 Å². The Bertz CT molecular complexity index is 546. The smallest absolute Gasteiger partial charge is 0.249 e. The Hall–Kier alpha value is -1.55. The predicted molar refractivity (Wildman–Crippen MR) is 90.0 cm³/mol. The van der Waals surface area contributed by atoms with Crippen molar-refractivity contribution in [1.29, 1.82) is 0 Å². The molecule has 4 heteroatoms. The van der Waals surface area contributed by atoms with Crippen LogP contribution in [0.3, 0.4) is 0 Å². The zero-order valence-corrected chi connectivity index (χ0v) is 14.2. The van der Waals surface area contributed by atoms with Crippen molar-refractivity contribution in [1.82, 2.24) is 9.80 Å². The molecule has 2 aliphatic rings. The Morgan fingerprint density at radius 3 is 2.32 bits per heavy atom. The van der Waals surface area contributed by atoms with E-state index in [1.807, 2.05) is 11.9 Å². The summed E-state index contributed by atoms with van der Waals surface area (Å²) in [5.41, 5.74) is 2.07. The maximum Gasteiger partial charge on any atom is 0.249 e. The molecule has 3 rings (SSSR count). The van der Waals surface area contributed by atoms with Gasteiger partial charge in [0.05, 0.1) is 0 Å². The van der Waals surface area contributed by atoms with Crippen LogP contribution < -0.4 is 4.90 Å². The molecule has 2 heterocycles. The van der Waals surface area contributed by atoms with Gasteiger partial charge in [0, 0.05) is 25.8 Å². The SMILES string of the molecule is CCN1CCC2(CC1)C(=O)N(C)C(C)N2c1ccc(C)cc1. The van der Waals surface area contributed by atoms with E-state index in [0.717, 1.165) is 32.5 Å². The summed E-state index contributed by atoms with van der Waals surface area (Å²) in [6.07, 6.45) is 1.95. The van der Waals surface area contributed by atoms with Gasteiger partial charge in [-0.15, -0.1) is 0 Å². The largest absolute Gasteiger partial charge is 0.336 e. The summed E-state index contributed by atoms with van der Waals surface area (Å²) >= 11 is 0. The number of carbonyl (C=O) groups excluding carboxylic acids is 1. The van der Waals surface area contributed by atoms with Crippen molar-refractivity contribution >= 4 is 11.6 Å². The maximum atomic E-state index is 13.0. The van der Waals surface area contributed by atoms with Crippen LogP contribution in [0, 0.1) is 6.92 Å². The fourth-order valence-corrected chi connectivity index (χ4v) is 3.99. The summed E-state index contributed by atoms with van der Waals surface area (Å²) in [5.74, 6) is 0.288. The average molecular weight is 301 g/mol. The van der Waals surface area contributed by atoms with Crippen molar-refractivity contribution in [2.75, 3.05) is 31.6 Å². The molecule has 1 unspecified atom stereocenters. The second-order valence-corrected chi connectivity index (χ2v) is 6.72. The fourth-order valence-electron chi connectivity index (χ4n) is 3.99. The van der Waals surface area contributed by atoms with Crippen LogP contribution in [0.1, 0.15) is 32.3 Å². The number of likely N-dealkylation sites (tertiary alicyclic amines) is 1. The van der Waals surface area contributed by atoms with Gasteiger partial charge in [0.2, 0.25) is 5.91 Å². The minimum atomic E-state index is -0.352. The Balaban J connectivity index is 1.98. The number of rotatable bonds is 2. The Morgan fingerprint density at radius 1 is 1.18 bits per heavy atom. The lowest BCUT2D eigenvalue weighted by Crippen LogP contribution is -2.57. The van der Waals surface area contributed by atoms with Gasteiger partial charge in [0.1, 0.15) is 11.7 Å². The third-order valence-corrected chi connectivity index (χ3v) is 5.56. The van der Waals surface area contributed by atoms with E-state index >= 15 is 0 Å². The van der Waals surface area contributed by atoms with Gasteiger partial charge in [0.25, 0.3) is 0 Å². The lowest BCUT2D eigenvalue weighted by atomic mass is 9.85. The highest BCUT2D eigenvalue weighted by Gasteiger charge is 2.55. The zero-order chi connectivity index (χ0) is 15.9. The van der Waals surface area contributed by atoms with Crippen LogP contribution in [0.4, 0.5) is 5.69 Å². The van der Waals surface area contributed by atoms with Crippen LogP contribution in [-0.2, 0) is 4.79 Å². The lowest BCUT2D eigenvalue weighted by Gasteiger charge is -2.44. The molecule has 1 aromatic rings. The van der Waals surface area contributed by atoms with E-state index < -0.39 is 0 Å². The van der Waals surface area contributed by atoms with E-state index in [9.17, 15) is 4.79 Å². The number of anilines is 1. The van der Waals surface area contributed by atoms with Crippen LogP contribution in [0.5, 0.6) is 0 Å². The number of benzene rings is 1. The lowest BCUT2D eigenvalue weighted by molar-refractivity contribution is -0.133. The van der Waals surface area contributed by atoms with Gasteiger partial charge in [-0.3, -0.25) is 4.79 Å². The molecule has 2 fully saturated rings. The summed E-state index contributed by atoms with van der Waals surface area (Å²) in [6.45, 7) is 9.51. The van der Waals surface area contributed by atoms with Crippen molar-refractivity contribution in [3.05, 3.63) is 29.8 Å². The maximum absolute atomic E-state index is 13.0. The van der Waals surface area contributed by atoms with E-state index in [2.05, 4.69) is 54.8 Å². The molecule has 2 aliphatic heterocycles. The van der Waals surface area contributed by atoms with Gasteiger partial charge >= 0.3 is 0 Å². The minimum absolute atomic E-state index is 0.114. The van der Waals surface area contributed by atoms with Gasteiger partial charge in [-0.05, 0) is 45.4 Å². The van der Waals surface area contributed by atoms with E-state index in [1.165, 1.54) is 11.3 Å². The van der Waals surface area contributed by atoms with Crippen LogP contribution in [0.25, 0.3) is 0 Å². The predicted octanol–water partition coefficient (Wildman–Crippen LogP) is 2.47. The quantitative estimate of drug-likeness (QED) is 0.839. The molecule has 1 atom stereocenters. The molecule has 0 radical (unpaired) electrons. The number of hydrogen-bond donors (Lipinski definition) is 0. The second kappa shape index (κ2) is 5.58. The fraction of sp³-hybridized carbons (Fsp3) is 0.611. The average Bonchev–Trinajstić information content (AvgIpc) is 2.71. The molecule has 4 nitrogen and oxygen atoms in total. The number of carbonyl (C=O) groups is 1. The number of nitrogens with zero attached hydrogens (tertiary/aromatic N) is 3. The second-order valence-electron chi connectivity index (χ2n) is 6.72.